The third-order valence-corrected chi connectivity index (χ3v) is 4.28. The molecule has 0 aromatic heterocycles. The predicted octanol–water partition coefficient (Wildman–Crippen LogP) is 4.29. The van der Waals surface area contributed by atoms with Crippen LogP contribution in [0.3, 0.4) is 0 Å². The lowest BCUT2D eigenvalue weighted by atomic mass is 9.46. The van der Waals surface area contributed by atoms with Crippen molar-refractivity contribution in [3.8, 4) is 0 Å². The summed E-state index contributed by atoms with van der Waals surface area (Å²) in [7, 11) is 1.17. The zero-order valence-corrected chi connectivity index (χ0v) is 10.7. The highest BCUT2D eigenvalue weighted by atomic mass is 14.3. The molecule has 0 aromatic rings. The molecule has 0 fully saturated rings. The van der Waals surface area contributed by atoms with Gasteiger partial charge in [-0.1, -0.05) is 31.9 Å². The summed E-state index contributed by atoms with van der Waals surface area (Å²) in [6.45, 7) is 11.0. The highest BCUT2D eigenvalue weighted by Gasteiger charge is 2.31. The van der Waals surface area contributed by atoms with Crippen LogP contribution in [0.25, 0.3) is 0 Å². The Morgan fingerprint density at radius 3 is 3.00 bits per heavy atom. The minimum atomic E-state index is 0.475. The van der Waals surface area contributed by atoms with Gasteiger partial charge in [-0.3, -0.25) is 0 Å². The summed E-state index contributed by atoms with van der Waals surface area (Å²) in [5, 5.41) is 0.475. The molecule has 0 saturated heterocycles. The second-order valence-corrected chi connectivity index (χ2v) is 5.38. The molecule has 1 aliphatic carbocycles. The Bertz CT molecular complexity index is 242. The summed E-state index contributed by atoms with van der Waals surface area (Å²) in [6.07, 6.45) is 9.10. The summed E-state index contributed by atoms with van der Waals surface area (Å²) in [5.41, 5.74) is 1.59. The third kappa shape index (κ3) is 3.26. The zero-order valence-electron chi connectivity index (χ0n) is 10.7. The fraction of sp³-hybridized carbons (Fsp3) is 0.714. The smallest absolute Gasteiger partial charge is 0.126 e. The molecule has 0 heterocycles. The quantitative estimate of drug-likeness (QED) is 0.473. The van der Waals surface area contributed by atoms with Crippen molar-refractivity contribution in [2.45, 2.75) is 58.2 Å². The first-order chi connectivity index (χ1) is 7.12. The molecule has 2 unspecified atom stereocenters. The van der Waals surface area contributed by atoms with Gasteiger partial charge in [0.2, 0.25) is 0 Å². The Morgan fingerprint density at radius 2 is 2.40 bits per heavy atom. The second-order valence-electron chi connectivity index (χ2n) is 5.38. The van der Waals surface area contributed by atoms with Crippen molar-refractivity contribution >= 4 is 7.28 Å². The van der Waals surface area contributed by atoms with Crippen LogP contribution in [0.4, 0.5) is 0 Å². The molecule has 15 heavy (non-hydrogen) atoms. The average Bonchev–Trinajstić information content (AvgIpc) is 2.43. The van der Waals surface area contributed by atoms with Gasteiger partial charge in [-0.25, -0.2) is 0 Å². The monoisotopic (exact) mass is 204 g/mol. The number of hydrogen-bond acceptors (Lipinski definition) is 0. The SMILES string of the molecule is C=CBC(C)(CC)C1CC=C(C)CCC1. The lowest BCUT2D eigenvalue weighted by Crippen LogP contribution is -2.25. The van der Waals surface area contributed by atoms with Gasteiger partial charge >= 0.3 is 0 Å². The summed E-state index contributed by atoms with van der Waals surface area (Å²) in [6, 6.07) is 0. The van der Waals surface area contributed by atoms with E-state index in [1.54, 1.807) is 5.57 Å². The molecular weight excluding hydrogens is 179 g/mol. The molecule has 0 amide bonds. The average molecular weight is 204 g/mol. The van der Waals surface area contributed by atoms with Crippen LogP contribution >= 0.6 is 0 Å². The highest BCUT2D eigenvalue weighted by Crippen LogP contribution is 2.44. The molecule has 84 valence electrons. The number of rotatable bonds is 4. The molecule has 0 aliphatic heterocycles. The van der Waals surface area contributed by atoms with Crippen LogP contribution in [0.15, 0.2) is 24.2 Å². The van der Waals surface area contributed by atoms with E-state index in [1.807, 2.05) is 0 Å². The van der Waals surface area contributed by atoms with Crippen LogP contribution in [0.2, 0.25) is 5.31 Å². The second kappa shape index (κ2) is 5.58. The Labute approximate surface area is 96.1 Å². The Kier molecular flexibility index (Phi) is 4.69. The lowest BCUT2D eigenvalue weighted by molar-refractivity contribution is 0.345. The van der Waals surface area contributed by atoms with E-state index in [-0.39, 0.29) is 0 Å². The zero-order chi connectivity index (χ0) is 11.3. The fourth-order valence-corrected chi connectivity index (χ4v) is 2.75. The predicted molar refractivity (Wildman–Crippen MR) is 71.7 cm³/mol. The van der Waals surface area contributed by atoms with E-state index in [0.29, 0.717) is 5.31 Å². The minimum absolute atomic E-state index is 0.475. The van der Waals surface area contributed by atoms with Gasteiger partial charge in [-0.05, 0) is 43.8 Å². The molecule has 0 bridgehead atoms. The largest absolute Gasteiger partial charge is 0.153 e. The highest BCUT2D eigenvalue weighted by molar-refractivity contribution is 6.46. The fourth-order valence-electron chi connectivity index (χ4n) is 2.75. The molecule has 0 nitrogen and oxygen atoms in total. The van der Waals surface area contributed by atoms with Crippen molar-refractivity contribution in [3.63, 3.8) is 0 Å². The summed E-state index contributed by atoms with van der Waals surface area (Å²) >= 11 is 0. The maximum atomic E-state index is 3.91. The first kappa shape index (κ1) is 12.6. The normalized spacial score (nSPS) is 26.1. The van der Waals surface area contributed by atoms with E-state index in [0.717, 1.165) is 5.92 Å². The van der Waals surface area contributed by atoms with Crippen LogP contribution in [-0.2, 0) is 0 Å². The van der Waals surface area contributed by atoms with E-state index in [9.17, 15) is 0 Å². The van der Waals surface area contributed by atoms with Gasteiger partial charge in [0.25, 0.3) is 0 Å². The van der Waals surface area contributed by atoms with E-state index < -0.39 is 0 Å². The Morgan fingerprint density at radius 1 is 1.67 bits per heavy atom. The van der Waals surface area contributed by atoms with Gasteiger partial charge in [0.05, 0.1) is 0 Å². The maximum absolute atomic E-state index is 3.91. The lowest BCUT2D eigenvalue weighted by Gasteiger charge is -2.35. The molecule has 1 aliphatic rings. The van der Waals surface area contributed by atoms with Crippen molar-refractivity contribution in [1.82, 2.24) is 0 Å². The molecular formula is C14H25B. The maximum Gasteiger partial charge on any atom is 0.153 e. The van der Waals surface area contributed by atoms with Gasteiger partial charge < -0.3 is 0 Å². The molecule has 0 spiro atoms. The van der Waals surface area contributed by atoms with Crippen LogP contribution in [0.1, 0.15) is 52.9 Å². The molecule has 1 heteroatoms. The van der Waals surface area contributed by atoms with Crippen molar-refractivity contribution in [2.75, 3.05) is 0 Å². The first-order valence-electron chi connectivity index (χ1n) is 6.39. The van der Waals surface area contributed by atoms with Crippen molar-refractivity contribution in [1.29, 1.82) is 0 Å². The van der Waals surface area contributed by atoms with E-state index in [4.69, 9.17) is 0 Å². The summed E-state index contributed by atoms with van der Waals surface area (Å²) < 4.78 is 0. The number of allylic oxidation sites excluding steroid dienone is 2. The molecule has 0 saturated carbocycles. The van der Waals surface area contributed by atoms with E-state index in [2.05, 4.69) is 39.4 Å². The van der Waals surface area contributed by atoms with Crippen molar-refractivity contribution < 1.29 is 0 Å². The van der Waals surface area contributed by atoms with Gasteiger partial charge in [0.15, 0.2) is 7.28 Å². The topological polar surface area (TPSA) is 0 Å². The number of hydrogen-bond donors (Lipinski definition) is 0. The Balaban J connectivity index is 2.71. The van der Waals surface area contributed by atoms with Crippen molar-refractivity contribution in [2.24, 2.45) is 5.92 Å². The third-order valence-electron chi connectivity index (χ3n) is 4.28. The Hall–Kier alpha value is -0.455. The molecule has 0 N–H and O–H groups in total. The van der Waals surface area contributed by atoms with E-state index >= 15 is 0 Å². The van der Waals surface area contributed by atoms with Crippen LogP contribution in [0.5, 0.6) is 0 Å². The molecule has 1 rings (SSSR count). The van der Waals surface area contributed by atoms with Crippen molar-refractivity contribution in [3.05, 3.63) is 24.2 Å². The summed E-state index contributed by atoms with van der Waals surface area (Å²) in [4.78, 5) is 0. The van der Waals surface area contributed by atoms with E-state index in [1.165, 1.54) is 39.4 Å². The van der Waals surface area contributed by atoms with Gasteiger partial charge in [0, 0.05) is 0 Å². The molecule has 0 radical (unpaired) electrons. The van der Waals surface area contributed by atoms with Crippen LogP contribution in [0, 0.1) is 5.92 Å². The van der Waals surface area contributed by atoms with Crippen LogP contribution in [-0.4, -0.2) is 7.28 Å². The standard InChI is InChI=1S/C14H25B/c1-5-14(4,15-6-2)13-9-7-8-12(3)10-11-13/h6,10,13,15H,2,5,7-9,11H2,1,3-4H3. The summed E-state index contributed by atoms with van der Waals surface area (Å²) in [5.74, 6) is 2.96. The minimum Gasteiger partial charge on any atom is -0.126 e. The van der Waals surface area contributed by atoms with Gasteiger partial charge in [-0.15, -0.1) is 12.6 Å². The molecule has 2 atom stereocenters. The van der Waals surface area contributed by atoms with Gasteiger partial charge in [-0.2, -0.15) is 0 Å². The van der Waals surface area contributed by atoms with Gasteiger partial charge in [0.1, 0.15) is 0 Å². The first-order valence-corrected chi connectivity index (χ1v) is 6.39. The molecule has 0 aromatic carbocycles. The van der Waals surface area contributed by atoms with Crippen LogP contribution < -0.4 is 0 Å².